The molecular formula is C20H36O2. The first-order valence-corrected chi connectivity index (χ1v) is 8.50. The molecule has 0 saturated carbocycles. The molecule has 0 radical (unpaired) electrons. The zero-order valence-electron chi connectivity index (χ0n) is 16.0. The van der Waals surface area contributed by atoms with Crippen LogP contribution in [0, 0.1) is 10.8 Å². The van der Waals surface area contributed by atoms with Crippen molar-refractivity contribution in [3.8, 4) is 0 Å². The largest absolute Gasteiger partial charge is 0.461 e. The fourth-order valence-corrected chi connectivity index (χ4v) is 2.84. The van der Waals surface area contributed by atoms with Gasteiger partial charge in [0.1, 0.15) is 6.61 Å². The Morgan fingerprint density at radius 3 is 1.95 bits per heavy atom. The monoisotopic (exact) mass is 308 g/mol. The molecule has 0 rings (SSSR count). The molecule has 0 spiro atoms. The summed E-state index contributed by atoms with van der Waals surface area (Å²) in [6.07, 6.45) is 7.82. The fraction of sp³-hybridized carbons (Fsp3) is 0.750. The van der Waals surface area contributed by atoms with Crippen molar-refractivity contribution in [3.63, 3.8) is 0 Å². The summed E-state index contributed by atoms with van der Waals surface area (Å²) in [5, 5.41) is 0. The zero-order valence-corrected chi connectivity index (χ0v) is 16.0. The van der Waals surface area contributed by atoms with E-state index in [0.717, 1.165) is 19.3 Å². The standard InChI is InChI=1S/C20H36O2/c1-9-11-18(21)22-15-14-16(2)12-10-13-17(19(3,4)5)20(6,7)8/h13-14H,9-12,15H2,1-8H3/b16-14+. The van der Waals surface area contributed by atoms with Gasteiger partial charge in [0.05, 0.1) is 0 Å². The van der Waals surface area contributed by atoms with E-state index in [2.05, 4.69) is 54.5 Å². The van der Waals surface area contributed by atoms with Crippen LogP contribution in [0.25, 0.3) is 0 Å². The molecule has 0 aliphatic rings. The Balaban J connectivity index is 4.47. The van der Waals surface area contributed by atoms with Crippen molar-refractivity contribution in [2.75, 3.05) is 6.61 Å². The zero-order chi connectivity index (χ0) is 17.4. The number of esters is 1. The van der Waals surface area contributed by atoms with Crippen molar-refractivity contribution < 1.29 is 9.53 Å². The molecule has 22 heavy (non-hydrogen) atoms. The molecule has 0 aromatic carbocycles. The van der Waals surface area contributed by atoms with E-state index in [0.29, 0.717) is 13.0 Å². The van der Waals surface area contributed by atoms with E-state index in [9.17, 15) is 4.79 Å². The molecule has 0 aromatic heterocycles. The third kappa shape index (κ3) is 9.07. The van der Waals surface area contributed by atoms with Gasteiger partial charge in [-0.05, 0) is 43.1 Å². The summed E-state index contributed by atoms with van der Waals surface area (Å²) in [5.41, 5.74) is 3.18. The van der Waals surface area contributed by atoms with Crippen molar-refractivity contribution in [1.29, 1.82) is 0 Å². The third-order valence-electron chi connectivity index (χ3n) is 3.63. The van der Waals surface area contributed by atoms with Gasteiger partial charge in [0.15, 0.2) is 0 Å². The van der Waals surface area contributed by atoms with Crippen LogP contribution in [0.3, 0.4) is 0 Å². The van der Waals surface area contributed by atoms with E-state index < -0.39 is 0 Å². The van der Waals surface area contributed by atoms with Crippen molar-refractivity contribution in [2.24, 2.45) is 10.8 Å². The van der Waals surface area contributed by atoms with E-state index in [-0.39, 0.29) is 16.8 Å². The summed E-state index contributed by atoms with van der Waals surface area (Å²) >= 11 is 0. The highest BCUT2D eigenvalue weighted by atomic mass is 16.5. The molecule has 0 heterocycles. The van der Waals surface area contributed by atoms with Crippen molar-refractivity contribution in [1.82, 2.24) is 0 Å². The third-order valence-corrected chi connectivity index (χ3v) is 3.63. The van der Waals surface area contributed by atoms with Gasteiger partial charge < -0.3 is 4.74 Å². The maximum atomic E-state index is 11.3. The topological polar surface area (TPSA) is 26.3 Å². The highest BCUT2D eigenvalue weighted by Crippen LogP contribution is 2.39. The van der Waals surface area contributed by atoms with Gasteiger partial charge in [-0.2, -0.15) is 0 Å². The van der Waals surface area contributed by atoms with Crippen molar-refractivity contribution in [2.45, 2.75) is 81.1 Å². The maximum Gasteiger partial charge on any atom is 0.306 e. The van der Waals surface area contributed by atoms with Gasteiger partial charge in [0.2, 0.25) is 0 Å². The predicted molar refractivity (Wildman–Crippen MR) is 95.9 cm³/mol. The molecule has 2 nitrogen and oxygen atoms in total. The molecule has 0 bridgehead atoms. The number of hydrogen-bond acceptors (Lipinski definition) is 2. The summed E-state index contributed by atoms with van der Waals surface area (Å²) in [7, 11) is 0. The molecule has 0 aliphatic heterocycles. The SMILES string of the molecule is CCCC(=O)OC/C=C(\C)CCC=C(C(C)(C)C)C(C)(C)C. The van der Waals surface area contributed by atoms with Crippen LogP contribution in [0.1, 0.15) is 81.1 Å². The second-order valence-corrected chi connectivity index (χ2v) is 8.14. The lowest BCUT2D eigenvalue weighted by molar-refractivity contribution is -0.142. The molecule has 0 aliphatic carbocycles. The predicted octanol–water partition coefficient (Wildman–Crippen LogP) is 6.07. The normalized spacial score (nSPS) is 13.0. The van der Waals surface area contributed by atoms with Crippen LogP contribution < -0.4 is 0 Å². The molecule has 0 fully saturated rings. The first-order valence-electron chi connectivity index (χ1n) is 8.50. The minimum Gasteiger partial charge on any atom is -0.461 e. The Bertz CT molecular complexity index is 384. The van der Waals surface area contributed by atoms with E-state index in [1.165, 1.54) is 11.1 Å². The fourth-order valence-electron chi connectivity index (χ4n) is 2.84. The molecule has 0 aromatic rings. The van der Waals surface area contributed by atoms with E-state index in [1.54, 1.807) is 0 Å². The van der Waals surface area contributed by atoms with Crippen LogP contribution in [-0.2, 0) is 9.53 Å². The second-order valence-electron chi connectivity index (χ2n) is 8.14. The molecule has 0 saturated heterocycles. The molecule has 0 atom stereocenters. The Labute approximate surface area is 138 Å². The van der Waals surface area contributed by atoms with Gasteiger partial charge in [-0.3, -0.25) is 4.79 Å². The molecule has 2 heteroatoms. The molecule has 0 unspecified atom stereocenters. The van der Waals surface area contributed by atoms with Gasteiger partial charge in [0, 0.05) is 6.42 Å². The smallest absolute Gasteiger partial charge is 0.306 e. The number of carbonyl (C=O) groups is 1. The van der Waals surface area contributed by atoms with Gasteiger partial charge in [-0.1, -0.05) is 65.7 Å². The quantitative estimate of drug-likeness (QED) is 0.421. The Hall–Kier alpha value is -1.05. The lowest BCUT2D eigenvalue weighted by Gasteiger charge is -2.34. The van der Waals surface area contributed by atoms with Crippen LogP contribution in [0.2, 0.25) is 0 Å². The van der Waals surface area contributed by atoms with Crippen molar-refractivity contribution >= 4 is 5.97 Å². The number of rotatable bonds is 7. The average molecular weight is 309 g/mol. The first-order chi connectivity index (χ1) is 9.98. The molecule has 128 valence electrons. The molecule has 0 amide bonds. The Morgan fingerprint density at radius 2 is 1.50 bits per heavy atom. The lowest BCUT2D eigenvalue weighted by atomic mass is 9.71. The van der Waals surface area contributed by atoms with Gasteiger partial charge in [-0.15, -0.1) is 0 Å². The van der Waals surface area contributed by atoms with Crippen LogP contribution in [0.15, 0.2) is 23.3 Å². The first kappa shape index (κ1) is 20.9. The minimum absolute atomic E-state index is 0.103. The summed E-state index contributed by atoms with van der Waals surface area (Å²) in [6, 6.07) is 0. The number of carbonyl (C=O) groups excluding carboxylic acids is 1. The van der Waals surface area contributed by atoms with Gasteiger partial charge in [-0.25, -0.2) is 0 Å². The maximum absolute atomic E-state index is 11.3. The highest BCUT2D eigenvalue weighted by Gasteiger charge is 2.27. The van der Waals surface area contributed by atoms with Crippen LogP contribution in [0.4, 0.5) is 0 Å². The lowest BCUT2D eigenvalue weighted by Crippen LogP contribution is -2.22. The summed E-state index contributed by atoms with van der Waals surface area (Å²) in [5.74, 6) is -0.103. The molecule has 0 N–H and O–H groups in total. The van der Waals surface area contributed by atoms with Crippen molar-refractivity contribution in [3.05, 3.63) is 23.3 Å². The summed E-state index contributed by atoms with van der Waals surface area (Å²) in [4.78, 5) is 11.3. The second kappa shape index (κ2) is 9.17. The minimum atomic E-state index is -0.103. The van der Waals surface area contributed by atoms with E-state index in [1.807, 2.05) is 13.0 Å². The van der Waals surface area contributed by atoms with Crippen LogP contribution in [0.5, 0.6) is 0 Å². The number of allylic oxidation sites excluding steroid dienone is 3. The van der Waals surface area contributed by atoms with E-state index in [4.69, 9.17) is 4.74 Å². The number of hydrogen-bond donors (Lipinski definition) is 0. The van der Waals surface area contributed by atoms with Gasteiger partial charge >= 0.3 is 5.97 Å². The van der Waals surface area contributed by atoms with Crippen LogP contribution in [-0.4, -0.2) is 12.6 Å². The van der Waals surface area contributed by atoms with E-state index >= 15 is 0 Å². The van der Waals surface area contributed by atoms with Gasteiger partial charge in [0.25, 0.3) is 0 Å². The van der Waals surface area contributed by atoms with Crippen LogP contribution >= 0.6 is 0 Å². The Morgan fingerprint density at radius 1 is 0.955 bits per heavy atom. The summed E-state index contributed by atoms with van der Waals surface area (Å²) < 4.78 is 5.16. The number of ether oxygens (including phenoxy) is 1. The molecular weight excluding hydrogens is 272 g/mol. The average Bonchev–Trinajstić information content (AvgIpc) is 2.31. The highest BCUT2D eigenvalue weighted by molar-refractivity contribution is 5.69. The Kier molecular flexibility index (Phi) is 8.73. The summed E-state index contributed by atoms with van der Waals surface area (Å²) in [6.45, 7) is 18.2.